The highest BCUT2D eigenvalue weighted by atomic mass is 35.5. The molecule has 1 aromatic carbocycles. The van der Waals surface area contributed by atoms with Crippen LogP contribution in [0.2, 0.25) is 0 Å². The van der Waals surface area contributed by atoms with Crippen molar-refractivity contribution in [2.75, 3.05) is 19.6 Å². The van der Waals surface area contributed by atoms with Crippen molar-refractivity contribution in [2.45, 2.75) is 25.8 Å². The number of rotatable bonds is 6. The molecule has 0 bridgehead atoms. The number of ether oxygens (including phenoxy) is 1. The maximum absolute atomic E-state index is 13.3. The molecule has 0 fully saturated rings. The highest BCUT2D eigenvalue weighted by molar-refractivity contribution is 6.17. The zero-order chi connectivity index (χ0) is 13.8. The van der Waals surface area contributed by atoms with Gasteiger partial charge in [-0.3, -0.25) is 0 Å². The third kappa shape index (κ3) is 3.07. The van der Waals surface area contributed by atoms with Crippen molar-refractivity contribution in [3.05, 3.63) is 29.8 Å². The van der Waals surface area contributed by atoms with Crippen LogP contribution in [-0.2, 0) is 11.2 Å². The van der Waals surface area contributed by atoms with Crippen LogP contribution in [0.15, 0.2) is 18.2 Å². The zero-order valence-electron chi connectivity index (χ0n) is 11.2. The largest absolute Gasteiger partial charge is 0.385 e. The Balaban J connectivity index is 2.45. The molecule has 0 N–H and O–H groups in total. The molecule has 2 rings (SSSR count). The average Bonchev–Trinajstić information content (AvgIpc) is 2.73. The van der Waals surface area contributed by atoms with E-state index in [1.54, 1.807) is 13.2 Å². The summed E-state index contributed by atoms with van der Waals surface area (Å²) in [6.45, 7) is 2.80. The fourth-order valence-electron chi connectivity index (χ4n) is 2.29. The maximum Gasteiger partial charge on any atom is 0.125 e. The lowest BCUT2D eigenvalue weighted by Crippen LogP contribution is -2.12. The molecular weight excluding hydrogens is 267 g/mol. The Morgan fingerprint density at radius 3 is 2.95 bits per heavy atom. The third-order valence-electron chi connectivity index (χ3n) is 3.22. The first kappa shape index (κ1) is 14.3. The van der Waals surface area contributed by atoms with E-state index in [9.17, 15) is 4.39 Å². The molecule has 1 atom stereocenters. The Bertz CT molecular complexity index is 556. The van der Waals surface area contributed by atoms with Gasteiger partial charge < -0.3 is 9.30 Å². The standard InChI is InChI=1S/C14H18ClFN2O/c1-10(6-8-19-2)18-13-4-3-11(16)9-12(13)17-14(18)5-7-15/h3-4,9-10H,5-8H2,1-2H3. The van der Waals surface area contributed by atoms with Crippen LogP contribution in [0.4, 0.5) is 4.39 Å². The van der Waals surface area contributed by atoms with E-state index in [-0.39, 0.29) is 11.9 Å². The molecule has 0 aliphatic rings. The summed E-state index contributed by atoms with van der Waals surface area (Å²) in [4.78, 5) is 4.49. The van der Waals surface area contributed by atoms with Crippen LogP contribution >= 0.6 is 11.6 Å². The van der Waals surface area contributed by atoms with Gasteiger partial charge in [-0.25, -0.2) is 9.37 Å². The molecule has 0 aliphatic heterocycles. The van der Waals surface area contributed by atoms with Crippen LogP contribution in [0.25, 0.3) is 11.0 Å². The van der Waals surface area contributed by atoms with E-state index in [0.29, 0.717) is 24.4 Å². The maximum atomic E-state index is 13.3. The number of methoxy groups -OCH3 is 1. The second kappa shape index (κ2) is 6.35. The first-order valence-electron chi connectivity index (χ1n) is 6.38. The van der Waals surface area contributed by atoms with Crippen molar-refractivity contribution in [3.8, 4) is 0 Å². The van der Waals surface area contributed by atoms with Crippen molar-refractivity contribution >= 4 is 22.6 Å². The number of alkyl halides is 1. The predicted molar refractivity (Wildman–Crippen MR) is 75.3 cm³/mol. The molecule has 3 nitrogen and oxygen atoms in total. The Hall–Kier alpha value is -1.13. The van der Waals surface area contributed by atoms with E-state index in [1.165, 1.54) is 12.1 Å². The van der Waals surface area contributed by atoms with E-state index >= 15 is 0 Å². The second-order valence-corrected chi connectivity index (χ2v) is 4.98. The molecule has 0 amide bonds. The van der Waals surface area contributed by atoms with E-state index in [1.807, 2.05) is 0 Å². The highest BCUT2D eigenvalue weighted by Crippen LogP contribution is 2.24. The smallest absolute Gasteiger partial charge is 0.125 e. The third-order valence-corrected chi connectivity index (χ3v) is 3.41. The van der Waals surface area contributed by atoms with Crippen LogP contribution in [-0.4, -0.2) is 29.1 Å². The summed E-state index contributed by atoms with van der Waals surface area (Å²) >= 11 is 5.82. The first-order chi connectivity index (χ1) is 9.17. The summed E-state index contributed by atoms with van der Waals surface area (Å²) in [7, 11) is 1.69. The Labute approximate surface area is 117 Å². The number of halogens is 2. The Morgan fingerprint density at radius 1 is 1.47 bits per heavy atom. The van der Waals surface area contributed by atoms with Crippen LogP contribution < -0.4 is 0 Å². The van der Waals surface area contributed by atoms with Gasteiger partial charge in [-0.1, -0.05) is 0 Å². The molecule has 5 heteroatoms. The fraction of sp³-hybridized carbons (Fsp3) is 0.500. The van der Waals surface area contributed by atoms with Crippen LogP contribution in [0.5, 0.6) is 0 Å². The topological polar surface area (TPSA) is 27.1 Å². The van der Waals surface area contributed by atoms with Crippen LogP contribution in [0, 0.1) is 5.82 Å². The minimum Gasteiger partial charge on any atom is -0.385 e. The van der Waals surface area contributed by atoms with Crippen molar-refractivity contribution in [2.24, 2.45) is 0 Å². The van der Waals surface area contributed by atoms with E-state index in [4.69, 9.17) is 16.3 Å². The van der Waals surface area contributed by atoms with Gasteiger partial charge in [-0.05, 0) is 25.5 Å². The molecule has 1 unspecified atom stereocenters. The number of nitrogens with zero attached hydrogens (tertiary/aromatic N) is 2. The number of hydrogen-bond acceptors (Lipinski definition) is 2. The normalized spacial score (nSPS) is 13.1. The Kier molecular flexibility index (Phi) is 4.77. The average molecular weight is 285 g/mol. The lowest BCUT2D eigenvalue weighted by atomic mass is 10.2. The number of aryl methyl sites for hydroxylation is 1. The zero-order valence-corrected chi connectivity index (χ0v) is 12.0. The van der Waals surface area contributed by atoms with Crippen molar-refractivity contribution in [1.82, 2.24) is 9.55 Å². The number of imidazole rings is 1. The lowest BCUT2D eigenvalue weighted by molar-refractivity contribution is 0.181. The predicted octanol–water partition coefficient (Wildman–Crippen LogP) is 3.55. The van der Waals surface area contributed by atoms with Gasteiger partial charge >= 0.3 is 0 Å². The monoisotopic (exact) mass is 284 g/mol. The van der Waals surface area contributed by atoms with E-state index in [2.05, 4.69) is 16.5 Å². The molecule has 2 aromatic rings. The summed E-state index contributed by atoms with van der Waals surface area (Å²) in [5, 5.41) is 0. The Morgan fingerprint density at radius 2 is 2.26 bits per heavy atom. The highest BCUT2D eigenvalue weighted by Gasteiger charge is 2.15. The molecule has 1 aromatic heterocycles. The van der Waals surface area contributed by atoms with Crippen molar-refractivity contribution < 1.29 is 9.13 Å². The van der Waals surface area contributed by atoms with Gasteiger partial charge in [0.2, 0.25) is 0 Å². The minimum absolute atomic E-state index is 0.244. The number of benzene rings is 1. The molecule has 0 saturated heterocycles. The first-order valence-corrected chi connectivity index (χ1v) is 6.92. The number of aromatic nitrogens is 2. The second-order valence-electron chi connectivity index (χ2n) is 4.60. The minimum atomic E-state index is -0.265. The molecule has 104 valence electrons. The molecular formula is C14H18ClFN2O. The quantitative estimate of drug-likeness (QED) is 0.759. The molecule has 0 radical (unpaired) electrons. The van der Waals surface area contributed by atoms with E-state index in [0.717, 1.165) is 17.8 Å². The number of hydrogen-bond donors (Lipinski definition) is 0. The SMILES string of the molecule is COCCC(C)n1c(CCCl)nc2cc(F)ccc21. The summed E-state index contributed by atoms with van der Waals surface area (Å²) in [5.74, 6) is 1.14. The lowest BCUT2D eigenvalue weighted by Gasteiger charge is -2.17. The van der Waals surface area contributed by atoms with Gasteiger partial charge in [0, 0.05) is 38.1 Å². The molecule has 0 aliphatic carbocycles. The van der Waals surface area contributed by atoms with Gasteiger partial charge in [0.1, 0.15) is 11.6 Å². The summed E-state index contributed by atoms with van der Waals surface area (Å²) in [5.41, 5.74) is 1.63. The summed E-state index contributed by atoms with van der Waals surface area (Å²) < 4.78 is 20.5. The van der Waals surface area contributed by atoms with Gasteiger partial charge in [0.05, 0.1) is 11.0 Å². The molecule has 0 spiro atoms. The van der Waals surface area contributed by atoms with E-state index < -0.39 is 0 Å². The van der Waals surface area contributed by atoms with Gasteiger partial charge in [-0.15, -0.1) is 11.6 Å². The van der Waals surface area contributed by atoms with Crippen molar-refractivity contribution in [1.29, 1.82) is 0 Å². The van der Waals surface area contributed by atoms with Crippen LogP contribution in [0.3, 0.4) is 0 Å². The molecule has 0 saturated carbocycles. The summed E-state index contributed by atoms with van der Waals surface area (Å²) in [6, 6.07) is 4.95. The molecule has 1 heterocycles. The summed E-state index contributed by atoms with van der Waals surface area (Å²) in [6.07, 6.45) is 1.56. The van der Waals surface area contributed by atoms with Crippen LogP contribution in [0.1, 0.15) is 25.2 Å². The van der Waals surface area contributed by atoms with Gasteiger partial charge in [0.15, 0.2) is 0 Å². The number of fused-ring (bicyclic) bond motifs is 1. The van der Waals surface area contributed by atoms with Gasteiger partial charge in [-0.2, -0.15) is 0 Å². The molecule has 19 heavy (non-hydrogen) atoms. The fourth-order valence-corrected chi connectivity index (χ4v) is 2.46. The van der Waals surface area contributed by atoms with Gasteiger partial charge in [0.25, 0.3) is 0 Å². The van der Waals surface area contributed by atoms with Crippen molar-refractivity contribution in [3.63, 3.8) is 0 Å².